The van der Waals surface area contributed by atoms with E-state index in [1.54, 1.807) is 13.8 Å². The summed E-state index contributed by atoms with van der Waals surface area (Å²) in [6.45, 7) is 4.90. The fourth-order valence-corrected chi connectivity index (χ4v) is 2.26. The third-order valence-corrected chi connectivity index (χ3v) is 3.12. The molecule has 4 heteroatoms. The first-order valence-corrected chi connectivity index (χ1v) is 6.42. The lowest BCUT2D eigenvalue weighted by molar-refractivity contribution is 0.159. The van der Waals surface area contributed by atoms with E-state index in [0.29, 0.717) is 25.2 Å². The van der Waals surface area contributed by atoms with Crippen molar-refractivity contribution in [3.63, 3.8) is 0 Å². The Hall–Kier alpha value is -0.160. The fraction of sp³-hybridized carbons (Fsp3) is 1.00. The van der Waals surface area contributed by atoms with Gasteiger partial charge in [-0.15, -0.1) is 0 Å². The van der Waals surface area contributed by atoms with Crippen molar-refractivity contribution in [2.24, 2.45) is 0 Å². The van der Waals surface area contributed by atoms with Crippen LogP contribution in [0.2, 0.25) is 0 Å². The molecule has 4 unspecified atom stereocenters. The summed E-state index contributed by atoms with van der Waals surface area (Å²) in [6.07, 6.45) is 4.24. The fourth-order valence-electron chi connectivity index (χ4n) is 2.26. The van der Waals surface area contributed by atoms with E-state index in [4.69, 9.17) is 0 Å². The number of rotatable bonds is 6. The zero-order chi connectivity index (χ0) is 12.0. The topological polar surface area (TPSA) is 64.5 Å². The van der Waals surface area contributed by atoms with Crippen molar-refractivity contribution >= 4 is 0 Å². The van der Waals surface area contributed by atoms with Crippen molar-refractivity contribution < 1.29 is 10.2 Å². The standard InChI is InChI=1S/C12H26N2O2/c1-9(15)7-13-11-5-3-4-6-12(11)14-8-10(2)16/h9-16H,3-8H2,1-2H3. The minimum absolute atomic E-state index is 0.292. The summed E-state index contributed by atoms with van der Waals surface area (Å²) in [6, 6.07) is 0.865. The molecule has 16 heavy (non-hydrogen) atoms. The Morgan fingerprint density at radius 1 is 0.938 bits per heavy atom. The molecule has 0 saturated heterocycles. The Balaban J connectivity index is 2.31. The van der Waals surface area contributed by atoms with Gasteiger partial charge in [0.1, 0.15) is 0 Å². The smallest absolute Gasteiger partial charge is 0.0636 e. The number of hydrogen-bond acceptors (Lipinski definition) is 4. The minimum Gasteiger partial charge on any atom is -0.392 e. The summed E-state index contributed by atoms with van der Waals surface area (Å²) in [5.41, 5.74) is 0. The van der Waals surface area contributed by atoms with E-state index in [9.17, 15) is 10.2 Å². The van der Waals surface area contributed by atoms with Crippen molar-refractivity contribution in [1.29, 1.82) is 0 Å². The minimum atomic E-state index is -0.292. The molecule has 0 amide bonds. The Bertz CT molecular complexity index is 166. The summed E-state index contributed by atoms with van der Waals surface area (Å²) in [7, 11) is 0. The van der Waals surface area contributed by atoms with Crippen molar-refractivity contribution in [3.05, 3.63) is 0 Å². The molecule has 1 aliphatic carbocycles. The van der Waals surface area contributed by atoms with Gasteiger partial charge in [0.05, 0.1) is 12.2 Å². The van der Waals surface area contributed by atoms with Crippen molar-refractivity contribution in [3.8, 4) is 0 Å². The first-order valence-electron chi connectivity index (χ1n) is 6.42. The van der Waals surface area contributed by atoms with Gasteiger partial charge in [0.25, 0.3) is 0 Å². The van der Waals surface area contributed by atoms with Gasteiger partial charge in [-0.1, -0.05) is 12.8 Å². The van der Waals surface area contributed by atoms with Crippen LogP contribution in [-0.2, 0) is 0 Å². The molecule has 4 N–H and O–H groups in total. The number of aliphatic hydroxyl groups is 2. The van der Waals surface area contributed by atoms with E-state index in [0.717, 1.165) is 12.8 Å². The summed E-state index contributed by atoms with van der Waals surface area (Å²) in [4.78, 5) is 0. The van der Waals surface area contributed by atoms with E-state index >= 15 is 0 Å². The Morgan fingerprint density at radius 2 is 1.31 bits per heavy atom. The first kappa shape index (κ1) is 13.9. The molecular weight excluding hydrogens is 204 g/mol. The van der Waals surface area contributed by atoms with Crippen molar-refractivity contribution in [2.45, 2.75) is 63.8 Å². The SMILES string of the molecule is CC(O)CNC1CCCCC1NCC(C)O. The van der Waals surface area contributed by atoms with Crippen LogP contribution >= 0.6 is 0 Å². The highest BCUT2D eigenvalue weighted by Crippen LogP contribution is 2.18. The van der Waals surface area contributed by atoms with Gasteiger partial charge in [-0.3, -0.25) is 0 Å². The van der Waals surface area contributed by atoms with E-state index in [2.05, 4.69) is 10.6 Å². The molecule has 0 aromatic rings. The quantitative estimate of drug-likeness (QED) is 0.528. The maximum Gasteiger partial charge on any atom is 0.0636 e. The van der Waals surface area contributed by atoms with Gasteiger partial charge < -0.3 is 20.8 Å². The van der Waals surface area contributed by atoms with Crippen LogP contribution in [0.4, 0.5) is 0 Å². The molecule has 0 spiro atoms. The van der Waals surface area contributed by atoms with E-state index in [1.807, 2.05) is 0 Å². The van der Waals surface area contributed by atoms with Crippen LogP contribution < -0.4 is 10.6 Å². The molecule has 0 aromatic heterocycles. The molecule has 0 bridgehead atoms. The lowest BCUT2D eigenvalue weighted by Gasteiger charge is -2.33. The second kappa shape index (κ2) is 7.22. The van der Waals surface area contributed by atoms with Gasteiger partial charge >= 0.3 is 0 Å². The van der Waals surface area contributed by atoms with Crippen LogP contribution in [0.5, 0.6) is 0 Å². The second-order valence-electron chi connectivity index (χ2n) is 5.01. The third kappa shape index (κ3) is 5.25. The summed E-state index contributed by atoms with van der Waals surface area (Å²) >= 11 is 0. The zero-order valence-corrected chi connectivity index (χ0v) is 10.4. The zero-order valence-electron chi connectivity index (χ0n) is 10.4. The average molecular weight is 230 g/mol. The molecule has 1 saturated carbocycles. The van der Waals surface area contributed by atoms with E-state index in [-0.39, 0.29) is 12.2 Å². The predicted molar refractivity (Wildman–Crippen MR) is 65.4 cm³/mol. The molecule has 4 nitrogen and oxygen atoms in total. The molecule has 0 heterocycles. The molecule has 1 aliphatic rings. The third-order valence-electron chi connectivity index (χ3n) is 3.12. The lowest BCUT2D eigenvalue weighted by atomic mass is 9.90. The maximum atomic E-state index is 9.26. The monoisotopic (exact) mass is 230 g/mol. The highest BCUT2D eigenvalue weighted by molar-refractivity contribution is 4.86. The maximum absolute atomic E-state index is 9.26. The van der Waals surface area contributed by atoms with Crippen LogP contribution in [0.3, 0.4) is 0 Å². The predicted octanol–water partition coefficient (Wildman–Crippen LogP) is 0.238. The summed E-state index contributed by atoms with van der Waals surface area (Å²) in [5.74, 6) is 0. The molecule has 0 radical (unpaired) electrons. The van der Waals surface area contributed by atoms with Crippen LogP contribution in [0.1, 0.15) is 39.5 Å². The first-order chi connectivity index (χ1) is 7.59. The Morgan fingerprint density at radius 3 is 1.62 bits per heavy atom. The number of nitrogens with one attached hydrogen (secondary N) is 2. The number of hydrogen-bond donors (Lipinski definition) is 4. The van der Waals surface area contributed by atoms with Crippen molar-refractivity contribution in [2.75, 3.05) is 13.1 Å². The highest BCUT2D eigenvalue weighted by atomic mass is 16.3. The molecule has 0 aliphatic heterocycles. The molecule has 1 rings (SSSR count). The number of aliphatic hydroxyl groups excluding tert-OH is 2. The molecular formula is C12H26N2O2. The van der Waals surface area contributed by atoms with Crippen LogP contribution in [0.15, 0.2) is 0 Å². The summed E-state index contributed by atoms with van der Waals surface area (Å²) in [5, 5.41) is 25.3. The van der Waals surface area contributed by atoms with Gasteiger partial charge in [0.2, 0.25) is 0 Å². The van der Waals surface area contributed by atoms with Gasteiger partial charge in [-0.25, -0.2) is 0 Å². The largest absolute Gasteiger partial charge is 0.392 e. The Labute approximate surface area is 98.4 Å². The van der Waals surface area contributed by atoms with Crippen LogP contribution in [0, 0.1) is 0 Å². The Kier molecular flexibility index (Phi) is 6.28. The second-order valence-corrected chi connectivity index (χ2v) is 5.01. The van der Waals surface area contributed by atoms with Crippen LogP contribution in [0.25, 0.3) is 0 Å². The van der Waals surface area contributed by atoms with E-state index in [1.165, 1.54) is 12.8 Å². The van der Waals surface area contributed by atoms with Crippen LogP contribution in [-0.4, -0.2) is 47.6 Å². The van der Waals surface area contributed by atoms with Gasteiger partial charge in [0, 0.05) is 25.2 Å². The normalized spacial score (nSPS) is 30.0. The average Bonchev–Trinajstić information content (AvgIpc) is 2.24. The van der Waals surface area contributed by atoms with Gasteiger partial charge in [-0.2, -0.15) is 0 Å². The molecule has 1 fully saturated rings. The van der Waals surface area contributed by atoms with E-state index < -0.39 is 0 Å². The van der Waals surface area contributed by atoms with Gasteiger partial charge in [-0.05, 0) is 26.7 Å². The summed E-state index contributed by atoms with van der Waals surface area (Å²) < 4.78 is 0. The molecule has 4 atom stereocenters. The highest BCUT2D eigenvalue weighted by Gasteiger charge is 2.24. The van der Waals surface area contributed by atoms with Crippen molar-refractivity contribution in [1.82, 2.24) is 10.6 Å². The lowest BCUT2D eigenvalue weighted by Crippen LogP contribution is -2.52. The molecule has 0 aromatic carbocycles. The molecule has 96 valence electrons. The van der Waals surface area contributed by atoms with Gasteiger partial charge in [0.15, 0.2) is 0 Å².